The maximum Gasteiger partial charge on any atom is 0.400 e. The van der Waals surface area contributed by atoms with Crippen LogP contribution in [0.25, 0.3) is 0 Å². The van der Waals surface area contributed by atoms with Gasteiger partial charge in [0.2, 0.25) is 15.9 Å². The van der Waals surface area contributed by atoms with Crippen LogP contribution in [0.3, 0.4) is 0 Å². The molecule has 0 aliphatic carbocycles. The number of alkyl halides is 3. The summed E-state index contributed by atoms with van der Waals surface area (Å²) in [5.41, 5.74) is 0. The third-order valence-electron chi connectivity index (χ3n) is 3.60. The average molecular weight is 360 g/mol. The molecule has 1 atom stereocenters. The van der Waals surface area contributed by atoms with E-state index in [1.54, 1.807) is 13.8 Å². The van der Waals surface area contributed by atoms with Gasteiger partial charge in [-0.3, -0.25) is 4.79 Å². The molecular weight excluding hydrogens is 337 g/mol. The number of nitrogens with zero attached hydrogens (tertiary/aromatic N) is 2. The van der Waals surface area contributed by atoms with E-state index in [4.69, 9.17) is 4.74 Å². The van der Waals surface area contributed by atoms with Gasteiger partial charge in [-0.1, -0.05) is 0 Å². The van der Waals surface area contributed by atoms with Crippen LogP contribution in [0, 0.1) is 5.92 Å². The lowest BCUT2D eigenvalue weighted by atomic mass is 10.1. The van der Waals surface area contributed by atoms with Crippen LogP contribution in [0.1, 0.15) is 20.8 Å². The Hall–Kier alpha value is -0.870. The number of carbonyl (C=O) groups is 1. The van der Waals surface area contributed by atoms with Crippen molar-refractivity contribution in [2.45, 2.75) is 33.1 Å². The van der Waals surface area contributed by atoms with Gasteiger partial charge in [-0.15, -0.1) is 0 Å². The Morgan fingerprint density at radius 1 is 1.13 bits per heavy atom. The van der Waals surface area contributed by atoms with Crippen LogP contribution in [0.5, 0.6) is 0 Å². The molecule has 1 heterocycles. The first-order chi connectivity index (χ1) is 10.4. The highest BCUT2D eigenvalue weighted by Gasteiger charge is 2.43. The summed E-state index contributed by atoms with van der Waals surface area (Å²) in [6.45, 7) is 4.38. The maximum atomic E-state index is 12.6. The number of ether oxygens (including phenoxy) is 1. The first-order valence-corrected chi connectivity index (χ1v) is 9.01. The highest BCUT2D eigenvalue weighted by atomic mass is 32.2. The van der Waals surface area contributed by atoms with Gasteiger partial charge in [0, 0.05) is 26.2 Å². The van der Waals surface area contributed by atoms with Crippen molar-refractivity contribution in [3.63, 3.8) is 0 Å². The highest BCUT2D eigenvalue weighted by Crippen LogP contribution is 2.27. The van der Waals surface area contributed by atoms with E-state index in [-0.39, 0.29) is 44.6 Å². The van der Waals surface area contributed by atoms with Gasteiger partial charge < -0.3 is 9.64 Å². The standard InChI is InChI=1S/C13H23F3N2O4S/c1-10(2)22-8-9-23(20,21)18-6-4-17(5-7-18)12(19)11(3)13(14,15)16/h10-11H,4-9H2,1-3H3. The summed E-state index contributed by atoms with van der Waals surface area (Å²) in [5.74, 6) is -3.28. The minimum absolute atomic E-state index is 0.000326. The number of hydrogen-bond donors (Lipinski definition) is 0. The van der Waals surface area contributed by atoms with Crippen LogP contribution < -0.4 is 0 Å². The van der Waals surface area contributed by atoms with E-state index < -0.39 is 28.0 Å². The quantitative estimate of drug-likeness (QED) is 0.711. The zero-order valence-electron chi connectivity index (χ0n) is 13.5. The maximum absolute atomic E-state index is 12.6. The van der Waals surface area contributed by atoms with Crippen molar-refractivity contribution in [2.24, 2.45) is 5.92 Å². The molecule has 23 heavy (non-hydrogen) atoms. The summed E-state index contributed by atoms with van der Waals surface area (Å²) in [6.07, 6.45) is -4.67. The average Bonchev–Trinajstić information content (AvgIpc) is 2.44. The molecule has 1 saturated heterocycles. The lowest BCUT2D eigenvalue weighted by molar-refractivity contribution is -0.186. The van der Waals surface area contributed by atoms with Crippen molar-refractivity contribution < 1.29 is 31.1 Å². The van der Waals surface area contributed by atoms with Gasteiger partial charge in [0.1, 0.15) is 5.92 Å². The molecule has 0 aromatic heterocycles. The largest absolute Gasteiger partial charge is 0.400 e. The topological polar surface area (TPSA) is 66.9 Å². The molecule has 6 nitrogen and oxygen atoms in total. The van der Waals surface area contributed by atoms with Crippen molar-refractivity contribution in [1.82, 2.24) is 9.21 Å². The first kappa shape index (κ1) is 20.2. The second-order valence-corrected chi connectivity index (χ2v) is 7.81. The van der Waals surface area contributed by atoms with Crippen molar-refractivity contribution in [1.29, 1.82) is 0 Å². The van der Waals surface area contributed by atoms with E-state index in [2.05, 4.69) is 0 Å². The Kier molecular flexibility index (Phi) is 6.84. The minimum Gasteiger partial charge on any atom is -0.378 e. The van der Waals surface area contributed by atoms with Crippen LogP contribution >= 0.6 is 0 Å². The second-order valence-electron chi connectivity index (χ2n) is 5.72. The molecule has 136 valence electrons. The predicted molar refractivity (Wildman–Crippen MR) is 78.2 cm³/mol. The normalized spacial score (nSPS) is 19.2. The molecule has 0 aromatic carbocycles. The molecule has 0 aromatic rings. The van der Waals surface area contributed by atoms with Crippen LogP contribution in [-0.2, 0) is 19.6 Å². The molecule has 1 unspecified atom stereocenters. The SMILES string of the molecule is CC(C)OCCS(=O)(=O)N1CCN(C(=O)C(C)C(F)(F)F)CC1. The molecule has 1 amide bonds. The molecule has 1 aliphatic rings. The van der Waals surface area contributed by atoms with E-state index in [0.717, 1.165) is 11.8 Å². The third-order valence-corrected chi connectivity index (χ3v) is 5.43. The predicted octanol–water partition coefficient (Wildman–Crippen LogP) is 1.08. The molecule has 0 bridgehead atoms. The Bertz CT molecular complexity index is 500. The van der Waals surface area contributed by atoms with Gasteiger partial charge >= 0.3 is 6.18 Å². The lowest BCUT2D eigenvalue weighted by Crippen LogP contribution is -2.53. The van der Waals surface area contributed by atoms with Gasteiger partial charge in [-0.2, -0.15) is 17.5 Å². The fourth-order valence-corrected chi connectivity index (χ4v) is 3.40. The van der Waals surface area contributed by atoms with Crippen LogP contribution in [0.15, 0.2) is 0 Å². The monoisotopic (exact) mass is 360 g/mol. The highest BCUT2D eigenvalue weighted by molar-refractivity contribution is 7.89. The summed E-state index contributed by atoms with van der Waals surface area (Å²) in [7, 11) is -3.53. The van der Waals surface area contributed by atoms with Gasteiger partial charge in [-0.05, 0) is 20.8 Å². The molecule has 0 radical (unpaired) electrons. The number of rotatable bonds is 6. The van der Waals surface area contributed by atoms with Gasteiger partial charge in [0.05, 0.1) is 18.5 Å². The molecule has 10 heteroatoms. The Balaban J connectivity index is 2.53. The van der Waals surface area contributed by atoms with Crippen LogP contribution in [-0.4, -0.2) is 74.3 Å². The summed E-state index contributed by atoms with van der Waals surface area (Å²) in [5, 5.41) is 0. The molecule has 1 rings (SSSR count). The molecule has 1 aliphatic heterocycles. The Morgan fingerprint density at radius 3 is 2.09 bits per heavy atom. The van der Waals surface area contributed by atoms with Gasteiger partial charge in [0.15, 0.2) is 0 Å². The van der Waals surface area contributed by atoms with E-state index in [1.165, 1.54) is 4.31 Å². The van der Waals surface area contributed by atoms with Gasteiger partial charge in [0.25, 0.3) is 0 Å². The number of piperazine rings is 1. The van der Waals surface area contributed by atoms with Crippen molar-refractivity contribution in [3.8, 4) is 0 Å². The summed E-state index contributed by atoms with van der Waals surface area (Å²) < 4.78 is 68.3. The van der Waals surface area contributed by atoms with Crippen LogP contribution in [0.4, 0.5) is 13.2 Å². The van der Waals surface area contributed by atoms with E-state index >= 15 is 0 Å². The van der Waals surface area contributed by atoms with E-state index in [0.29, 0.717) is 0 Å². The second kappa shape index (κ2) is 7.80. The smallest absolute Gasteiger partial charge is 0.378 e. The number of sulfonamides is 1. The van der Waals surface area contributed by atoms with Crippen LogP contribution in [0.2, 0.25) is 0 Å². The van der Waals surface area contributed by atoms with E-state index in [9.17, 15) is 26.4 Å². The van der Waals surface area contributed by atoms with Crippen molar-refractivity contribution >= 4 is 15.9 Å². The Morgan fingerprint density at radius 2 is 1.65 bits per heavy atom. The van der Waals surface area contributed by atoms with E-state index in [1.807, 2.05) is 0 Å². The molecular formula is C13H23F3N2O4S. The molecule has 1 fully saturated rings. The third kappa shape index (κ3) is 5.92. The fourth-order valence-electron chi connectivity index (χ4n) is 2.12. The molecule has 0 N–H and O–H groups in total. The molecule has 0 saturated carbocycles. The van der Waals surface area contributed by atoms with Crippen molar-refractivity contribution in [2.75, 3.05) is 38.5 Å². The number of amides is 1. The summed E-state index contributed by atoms with van der Waals surface area (Å²) in [4.78, 5) is 12.8. The number of halogens is 3. The fraction of sp³-hybridized carbons (Fsp3) is 0.923. The molecule has 0 spiro atoms. The summed E-state index contributed by atoms with van der Waals surface area (Å²) >= 11 is 0. The number of hydrogen-bond acceptors (Lipinski definition) is 4. The zero-order chi connectivity index (χ0) is 17.8. The zero-order valence-corrected chi connectivity index (χ0v) is 14.3. The Labute approximate surface area is 134 Å². The van der Waals surface area contributed by atoms with Gasteiger partial charge in [-0.25, -0.2) is 8.42 Å². The minimum atomic E-state index is -4.59. The van der Waals surface area contributed by atoms with Crippen molar-refractivity contribution in [3.05, 3.63) is 0 Å². The summed E-state index contributed by atoms with van der Waals surface area (Å²) in [6, 6.07) is 0. The first-order valence-electron chi connectivity index (χ1n) is 7.40. The lowest BCUT2D eigenvalue weighted by Gasteiger charge is -2.35. The number of carbonyl (C=O) groups excluding carboxylic acids is 1.